The molecule has 0 bridgehead atoms. The van der Waals surface area contributed by atoms with Gasteiger partial charge in [-0.15, -0.1) is 0 Å². The molecule has 4 nitrogen and oxygen atoms in total. The minimum Gasteiger partial charge on any atom is -0.478 e. The van der Waals surface area contributed by atoms with Gasteiger partial charge in [-0.1, -0.05) is 6.58 Å². The molecule has 0 amide bonds. The van der Waals surface area contributed by atoms with Crippen LogP contribution in [-0.2, 0) is 9.59 Å². The Morgan fingerprint density at radius 1 is 1.11 bits per heavy atom. The van der Waals surface area contributed by atoms with Crippen LogP contribution in [0.3, 0.4) is 0 Å². The van der Waals surface area contributed by atoms with Gasteiger partial charge >= 0.3 is 5.97 Å². The molecule has 0 fully saturated rings. The van der Waals surface area contributed by atoms with E-state index < -0.39 is 17.5 Å². The zero-order valence-electron chi connectivity index (χ0n) is 10.2. The zero-order chi connectivity index (χ0) is 14.4. The number of halogens is 1. The molecular formula is C14H13IO4. The van der Waals surface area contributed by atoms with Gasteiger partial charge in [-0.2, -0.15) is 0 Å². The average Bonchev–Trinajstić information content (AvgIpc) is 2.38. The Bertz CT molecular complexity index is 517. The van der Waals surface area contributed by atoms with E-state index in [0.29, 0.717) is 12.0 Å². The number of benzene rings is 1. The van der Waals surface area contributed by atoms with Crippen LogP contribution in [0.25, 0.3) is 0 Å². The Kier molecular flexibility index (Phi) is 5.88. The first-order valence-corrected chi connectivity index (χ1v) is 6.74. The quantitative estimate of drug-likeness (QED) is 0.346. The van der Waals surface area contributed by atoms with E-state index >= 15 is 0 Å². The Labute approximate surface area is 124 Å². The molecule has 0 aromatic heterocycles. The molecule has 0 atom stereocenters. The molecule has 5 heteroatoms. The van der Waals surface area contributed by atoms with Crippen molar-refractivity contribution >= 4 is 40.1 Å². The van der Waals surface area contributed by atoms with Crippen LogP contribution in [0, 0.1) is 3.57 Å². The summed E-state index contributed by atoms with van der Waals surface area (Å²) in [6.07, 6.45) is 0.568. The molecule has 0 aliphatic heterocycles. The van der Waals surface area contributed by atoms with Gasteiger partial charge in [0.15, 0.2) is 0 Å². The molecule has 100 valence electrons. The monoisotopic (exact) mass is 372 g/mol. The molecule has 0 heterocycles. The third-order valence-corrected chi connectivity index (χ3v) is 3.26. The summed E-state index contributed by atoms with van der Waals surface area (Å²) in [7, 11) is 0. The van der Waals surface area contributed by atoms with Gasteiger partial charge in [-0.05, 0) is 59.7 Å². The molecule has 0 unspecified atom stereocenters. The third-order valence-electron chi connectivity index (χ3n) is 2.54. The van der Waals surface area contributed by atoms with E-state index in [2.05, 4.69) is 29.2 Å². The molecule has 1 aromatic carbocycles. The number of carbonyl (C=O) groups is 3. The van der Waals surface area contributed by atoms with E-state index in [1.165, 1.54) is 0 Å². The van der Waals surface area contributed by atoms with Gasteiger partial charge in [0.2, 0.25) is 11.6 Å². The molecule has 0 saturated heterocycles. The number of carboxylic acid groups (broad SMARTS) is 1. The van der Waals surface area contributed by atoms with Gasteiger partial charge in [0.1, 0.15) is 0 Å². The standard InChI is InChI=1S/C14H13IO4/c1-9(14(18)19)3-2-4-12(16)13(17)10-5-7-11(15)8-6-10/h5-8H,1-4H2,(H,18,19). The minimum atomic E-state index is -1.07. The van der Waals surface area contributed by atoms with E-state index in [1.807, 2.05) is 0 Å². The van der Waals surface area contributed by atoms with Crippen LogP contribution in [0.15, 0.2) is 36.4 Å². The van der Waals surface area contributed by atoms with Gasteiger partial charge in [0.05, 0.1) is 0 Å². The number of hydrogen-bond acceptors (Lipinski definition) is 3. The molecule has 0 spiro atoms. The second-order valence-electron chi connectivity index (χ2n) is 4.02. The number of ketones is 2. The molecular weight excluding hydrogens is 359 g/mol. The predicted molar refractivity (Wildman–Crippen MR) is 79.1 cm³/mol. The first-order chi connectivity index (χ1) is 8.91. The lowest BCUT2D eigenvalue weighted by Crippen LogP contribution is -2.14. The van der Waals surface area contributed by atoms with Gasteiger partial charge in [0.25, 0.3) is 0 Å². The van der Waals surface area contributed by atoms with Crippen molar-refractivity contribution in [3.63, 3.8) is 0 Å². The topological polar surface area (TPSA) is 71.4 Å². The van der Waals surface area contributed by atoms with Crippen molar-refractivity contribution in [2.24, 2.45) is 0 Å². The third kappa shape index (κ3) is 4.94. The molecule has 0 aliphatic carbocycles. The van der Waals surface area contributed by atoms with Crippen LogP contribution >= 0.6 is 22.6 Å². The van der Waals surface area contributed by atoms with Crippen LogP contribution < -0.4 is 0 Å². The van der Waals surface area contributed by atoms with Crippen molar-refractivity contribution in [2.45, 2.75) is 19.3 Å². The van der Waals surface area contributed by atoms with Crippen molar-refractivity contribution in [2.75, 3.05) is 0 Å². The number of rotatable bonds is 7. The summed E-state index contributed by atoms with van der Waals surface area (Å²) in [6.45, 7) is 3.37. The number of aliphatic carboxylic acids is 1. The second kappa shape index (κ2) is 7.18. The average molecular weight is 372 g/mol. The first-order valence-electron chi connectivity index (χ1n) is 5.66. The lowest BCUT2D eigenvalue weighted by atomic mass is 10.0. The normalized spacial score (nSPS) is 9.95. The molecule has 0 saturated carbocycles. The van der Waals surface area contributed by atoms with E-state index in [9.17, 15) is 14.4 Å². The Morgan fingerprint density at radius 2 is 1.68 bits per heavy atom. The Balaban J connectivity index is 2.50. The van der Waals surface area contributed by atoms with Crippen LogP contribution in [0.1, 0.15) is 29.6 Å². The number of Topliss-reactive ketones (excluding diaryl/α,β-unsaturated/α-hetero) is 2. The highest BCUT2D eigenvalue weighted by Crippen LogP contribution is 2.11. The van der Waals surface area contributed by atoms with Crippen LogP contribution in [-0.4, -0.2) is 22.6 Å². The maximum absolute atomic E-state index is 11.8. The predicted octanol–water partition coefficient (Wildman–Crippen LogP) is 2.85. The summed E-state index contributed by atoms with van der Waals surface area (Å²) in [6, 6.07) is 6.73. The fourth-order valence-corrected chi connectivity index (χ4v) is 1.80. The summed E-state index contributed by atoms with van der Waals surface area (Å²) in [4.78, 5) is 33.9. The van der Waals surface area contributed by atoms with Crippen molar-refractivity contribution in [1.82, 2.24) is 0 Å². The van der Waals surface area contributed by atoms with Gasteiger partial charge in [-0.3, -0.25) is 9.59 Å². The second-order valence-corrected chi connectivity index (χ2v) is 5.27. The van der Waals surface area contributed by atoms with Gasteiger partial charge < -0.3 is 5.11 Å². The molecule has 0 aliphatic rings. The largest absolute Gasteiger partial charge is 0.478 e. The molecule has 1 aromatic rings. The smallest absolute Gasteiger partial charge is 0.330 e. The highest BCUT2D eigenvalue weighted by atomic mass is 127. The summed E-state index contributed by atoms with van der Waals surface area (Å²) < 4.78 is 0.986. The highest BCUT2D eigenvalue weighted by molar-refractivity contribution is 14.1. The van der Waals surface area contributed by atoms with E-state index in [-0.39, 0.29) is 18.4 Å². The summed E-state index contributed by atoms with van der Waals surface area (Å²) in [5.74, 6) is -2.10. The van der Waals surface area contributed by atoms with E-state index in [4.69, 9.17) is 5.11 Å². The Morgan fingerprint density at radius 3 is 2.21 bits per heavy atom. The lowest BCUT2D eigenvalue weighted by molar-refractivity contribution is -0.132. The van der Waals surface area contributed by atoms with E-state index in [0.717, 1.165) is 3.57 Å². The van der Waals surface area contributed by atoms with Crippen LogP contribution in [0.4, 0.5) is 0 Å². The number of hydrogen-bond donors (Lipinski definition) is 1. The number of carbonyl (C=O) groups excluding carboxylic acids is 2. The number of carboxylic acids is 1. The van der Waals surface area contributed by atoms with Gasteiger partial charge in [0, 0.05) is 21.1 Å². The van der Waals surface area contributed by atoms with Crippen molar-refractivity contribution in [1.29, 1.82) is 0 Å². The molecule has 1 N–H and O–H groups in total. The lowest BCUT2D eigenvalue weighted by Gasteiger charge is -2.01. The highest BCUT2D eigenvalue weighted by Gasteiger charge is 2.16. The molecule has 1 rings (SSSR count). The van der Waals surface area contributed by atoms with E-state index in [1.54, 1.807) is 24.3 Å². The SMILES string of the molecule is C=C(CCCC(=O)C(=O)c1ccc(I)cc1)C(=O)O. The minimum absolute atomic E-state index is 0.0388. The maximum atomic E-state index is 11.8. The zero-order valence-corrected chi connectivity index (χ0v) is 12.3. The molecule has 0 radical (unpaired) electrons. The fourth-order valence-electron chi connectivity index (χ4n) is 1.45. The fraction of sp³-hybridized carbons (Fsp3) is 0.214. The van der Waals surface area contributed by atoms with Crippen LogP contribution in [0.2, 0.25) is 0 Å². The van der Waals surface area contributed by atoms with Crippen molar-refractivity contribution < 1.29 is 19.5 Å². The van der Waals surface area contributed by atoms with Gasteiger partial charge in [-0.25, -0.2) is 4.79 Å². The van der Waals surface area contributed by atoms with Crippen LogP contribution in [0.5, 0.6) is 0 Å². The summed E-state index contributed by atoms with van der Waals surface area (Å²) in [5.41, 5.74) is 0.414. The maximum Gasteiger partial charge on any atom is 0.330 e. The summed E-state index contributed by atoms with van der Waals surface area (Å²) >= 11 is 2.11. The van der Waals surface area contributed by atoms with Crippen molar-refractivity contribution in [3.8, 4) is 0 Å². The summed E-state index contributed by atoms with van der Waals surface area (Å²) in [5, 5.41) is 8.61. The first kappa shape index (κ1) is 15.6. The Hall–Kier alpha value is -1.50. The molecule has 19 heavy (non-hydrogen) atoms. The van der Waals surface area contributed by atoms with Crippen molar-refractivity contribution in [3.05, 3.63) is 45.6 Å².